The van der Waals surface area contributed by atoms with Crippen molar-refractivity contribution in [3.63, 3.8) is 0 Å². The van der Waals surface area contributed by atoms with Crippen molar-refractivity contribution in [3.8, 4) is 0 Å². The molecule has 0 aromatic heterocycles. The maximum atomic E-state index is 12.6. The Morgan fingerprint density at radius 3 is 1.79 bits per heavy atom. The van der Waals surface area contributed by atoms with E-state index in [-0.39, 0.29) is 25.0 Å². The van der Waals surface area contributed by atoms with E-state index >= 15 is 0 Å². The van der Waals surface area contributed by atoms with Crippen molar-refractivity contribution in [2.24, 2.45) is 0 Å². The Morgan fingerprint density at radius 2 is 1.26 bits per heavy atom. The Bertz CT molecular complexity index is 961. The van der Waals surface area contributed by atoms with Crippen LogP contribution in [-0.4, -0.2) is 66.7 Å². The van der Waals surface area contributed by atoms with Gasteiger partial charge in [0.05, 0.1) is 7.11 Å². The molecule has 3 rings (SSSR count). The summed E-state index contributed by atoms with van der Waals surface area (Å²) in [5.74, 6) is -3.26. The van der Waals surface area contributed by atoms with Crippen LogP contribution in [-0.2, 0) is 35.1 Å². The Hall–Kier alpha value is -3.76. The SMILES string of the molecule is COC(=O)C1Cc2ccc(cc2)C(=O)CCC(=O)NC(C)C(=O)NC(C)C(=O)NC(C)C(=O)N1. The fraction of sp³-hybridized carbons (Fsp3) is 0.478. The number of Topliss-reactive ketones (excluding diaryl/α,β-unsaturated/α-hetero) is 1. The zero-order valence-electron chi connectivity index (χ0n) is 19.6. The van der Waals surface area contributed by atoms with Crippen LogP contribution in [0, 0.1) is 0 Å². The maximum Gasteiger partial charge on any atom is 0.328 e. The first-order valence-corrected chi connectivity index (χ1v) is 10.9. The summed E-state index contributed by atoms with van der Waals surface area (Å²) in [5, 5.41) is 10.00. The molecule has 4 N–H and O–H groups in total. The van der Waals surface area contributed by atoms with Gasteiger partial charge in [-0.25, -0.2) is 4.79 Å². The number of ether oxygens (including phenoxy) is 1. The van der Waals surface area contributed by atoms with Crippen LogP contribution in [0.3, 0.4) is 0 Å². The van der Waals surface area contributed by atoms with Gasteiger partial charge in [0.15, 0.2) is 5.78 Å². The van der Waals surface area contributed by atoms with Crippen molar-refractivity contribution in [1.82, 2.24) is 21.3 Å². The number of nitrogens with one attached hydrogen (secondary N) is 4. The summed E-state index contributed by atoms with van der Waals surface area (Å²) in [7, 11) is 1.19. The molecule has 34 heavy (non-hydrogen) atoms. The summed E-state index contributed by atoms with van der Waals surface area (Å²) >= 11 is 0. The fourth-order valence-electron chi connectivity index (χ4n) is 3.25. The van der Waals surface area contributed by atoms with Gasteiger partial charge in [0.2, 0.25) is 23.6 Å². The minimum Gasteiger partial charge on any atom is -0.467 e. The first kappa shape index (κ1) is 26.5. The average molecular weight is 475 g/mol. The van der Waals surface area contributed by atoms with Crippen molar-refractivity contribution < 1.29 is 33.5 Å². The van der Waals surface area contributed by atoms with Gasteiger partial charge >= 0.3 is 5.97 Å². The number of methoxy groups -OCH3 is 1. The molecule has 2 aliphatic heterocycles. The van der Waals surface area contributed by atoms with E-state index in [2.05, 4.69) is 21.3 Å². The minimum absolute atomic E-state index is 0.0585. The van der Waals surface area contributed by atoms with E-state index in [1.807, 2.05) is 0 Å². The summed E-state index contributed by atoms with van der Waals surface area (Å²) in [6.45, 7) is 4.32. The third-order valence-corrected chi connectivity index (χ3v) is 5.37. The Morgan fingerprint density at radius 1 is 0.765 bits per heavy atom. The number of hydrogen-bond donors (Lipinski definition) is 4. The molecular formula is C23H30N4O7. The standard InChI is InChI=1S/C23H30N4O7/c1-12-20(30)25-13(2)21(31)26-14(3)22(32)27-17(23(33)34-4)11-15-5-7-16(8-6-15)18(28)9-10-19(29)24-12/h5-8,12-14,17H,9-11H2,1-4H3,(H,24,29)(H,25,30)(H,26,31)(H,27,32). The number of benzene rings is 1. The van der Waals surface area contributed by atoms with Crippen molar-refractivity contribution >= 4 is 35.4 Å². The van der Waals surface area contributed by atoms with Crippen LogP contribution in [0.1, 0.15) is 49.5 Å². The molecule has 4 atom stereocenters. The Kier molecular flexibility index (Phi) is 9.28. The van der Waals surface area contributed by atoms with Gasteiger partial charge in [-0.1, -0.05) is 24.3 Å². The quantitative estimate of drug-likeness (QED) is 0.312. The van der Waals surface area contributed by atoms with Crippen molar-refractivity contribution in [2.75, 3.05) is 7.11 Å². The van der Waals surface area contributed by atoms with E-state index in [1.54, 1.807) is 24.3 Å². The molecule has 0 aliphatic carbocycles. The highest BCUT2D eigenvalue weighted by molar-refractivity contribution is 5.99. The smallest absolute Gasteiger partial charge is 0.328 e. The first-order valence-electron chi connectivity index (χ1n) is 10.9. The second kappa shape index (κ2) is 11.9. The zero-order chi connectivity index (χ0) is 25.4. The summed E-state index contributed by atoms with van der Waals surface area (Å²) in [6.07, 6.45) is -0.0699. The predicted octanol–water partition coefficient (Wildman–Crippen LogP) is -0.622. The fourth-order valence-corrected chi connectivity index (χ4v) is 3.25. The van der Waals surface area contributed by atoms with E-state index in [9.17, 15) is 28.8 Å². The molecule has 0 saturated carbocycles. The summed E-state index contributed by atoms with van der Waals surface area (Å²) in [5.41, 5.74) is 1.06. The van der Waals surface area contributed by atoms with Crippen LogP contribution in [0.15, 0.2) is 24.3 Å². The van der Waals surface area contributed by atoms with Crippen LogP contribution >= 0.6 is 0 Å². The lowest BCUT2D eigenvalue weighted by atomic mass is 10.0. The number of carbonyl (C=O) groups excluding carboxylic acids is 6. The average Bonchev–Trinajstić information content (AvgIpc) is 2.81. The molecule has 0 saturated heterocycles. The molecule has 1 aromatic rings. The normalized spacial score (nSPS) is 25.5. The minimum atomic E-state index is -1.02. The van der Waals surface area contributed by atoms with Crippen molar-refractivity contribution in [2.45, 2.75) is 64.2 Å². The maximum absolute atomic E-state index is 12.6. The van der Waals surface area contributed by atoms with Gasteiger partial charge in [0.1, 0.15) is 24.2 Å². The van der Waals surface area contributed by atoms with E-state index < -0.39 is 53.8 Å². The van der Waals surface area contributed by atoms with E-state index in [0.717, 1.165) is 0 Å². The van der Waals surface area contributed by atoms with Gasteiger partial charge < -0.3 is 26.0 Å². The number of fused-ring (bicyclic) bond motifs is 17. The summed E-state index contributed by atoms with van der Waals surface area (Å²) < 4.78 is 4.78. The molecule has 2 heterocycles. The van der Waals surface area contributed by atoms with Crippen LogP contribution in [0.25, 0.3) is 0 Å². The monoisotopic (exact) mass is 474 g/mol. The van der Waals surface area contributed by atoms with Gasteiger partial charge in [0, 0.05) is 24.8 Å². The molecule has 184 valence electrons. The number of amides is 4. The number of hydrogen-bond acceptors (Lipinski definition) is 7. The number of rotatable bonds is 1. The molecule has 0 radical (unpaired) electrons. The Labute approximate surface area is 197 Å². The molecule has 11 heteroatoms. The zero-order valence-corrected chi connectivity index (χ0v) is 19.6. The molecule has 2 aliphatic rings. The van der Waals surface area contributed by atoms with Gasteiger partial charge in [-0.3, -0.25) is 24.0 Å². The molecule has 2 bridgehead atoms. The molecule has 1 aromatic carbocycles. The van der Waals surface area contributed by atoms with Gasteiger partial charge in [0.25, 0.3) is 0 Å². The highest BCUT2D eigenvalue weighted by atomic mass is 16.5. The second-order valence-corrected chi connectivity index (χ2v) is 8.16. The molecule has 11 nitrogen and oxygen atoms in total. The van der Waals surface area contributed by atoms with Crippen LogP contribution < -0.4 is 21.3 Å². The highest BCUT2D eigenvalue weighted by Crippen LogP contribution is 2.11. The largest absolute Gasteiger partial charge is 0.467 e. The third kappa shape index (κ3) is 7.39. The lowest BCUT2D eigenvalue weighted by Gasteiger charge is -2.22. The number of esters is 1. The van der Waals surface area contributed by atoms with Crippen molar-refractivity contribution in [3.05, 3.63) is 35.4 Å². The Balaban J connectivity index is 2.29. The molecule has 4 amide bonds. The first-order chi connectivity index (χ1) is 16.0. The van der Waals surface area contributed by atoms with Crippen molar-refractivity contribution in [1.29, 1.82) is 0 Å². The van der Waals surface area contributed by atoms with Crippen LogP contribution in [0.5, 0.6) is 0 Å². The third-order valence-electron chi connectivity index (χ3n) is 5.37. The van der Waals surface area contributed by atoms with E-state index in [4.69, 9.17) is 4.74 Å². The molecule has 4 unspecified atom stereocenters. The molecular weight excluding hydrogens is 444 g/mol. The van der Waals surface area contributed by atoms with Crippen LogP contribution in [0.4, 0.5) is 0 Å². The van der Waals surface area contributed by atoms with E-state index in [0.29, 0.717) is 11.1 Å². The van der Waals surface area contributed by atoms with Gasteiger partial charge in [-0.05, 0) is 26.3 Å². The summed E-state index contributed by atoms with van der Waals surface area (Å²) in [6, 6.07) is 2.47. The lowest BCUT2D eigenvalue weighted by Crippen LogP contribution is -2.56. The number of ketones is 1. The molecule has 0 spiro atoms. The van der Waals surface area contributed by atoms with Gasteiger partial charge in [-0.2, -0.15) is 0 Å². The number of carbonyl (C=O) groups is 6. The lowest BCUT2D eigenvalue weighted by molar-refractivity contribution is -0.145. The molecule has 0 fully saturated rings. The van der Waals surface area contributed by atoms with E-state index in [1.165, 1.54) is 27.9 Å². The summed E-state index contributed by atoms with van der Waals surface area (Å²) in [4.78, 5) is 74.2. The van der Waals surface area contributed by atoms with Crippen LogP contribution in [0.2, 0.25) is 0 Å². The second-order valence-electron chi connectivity index (χ2n) is 8.16. The predicted molar refractivity (Wildman–Crippen MR) is 120 cm³/mol. The van der Waals surface area contributed by atoms with Gasteiger partial charge in [-0.15, -0.1) is 0 Å². The topological polar surface area (TPSA) is 160 Å². The highest BCUT2D eigenvalue weighted by Gasteiger charge is 2.27.